The highest BCUT2D eigenvalue weighted by molar-refractivity contribution is 6.36. The van der Waals surface area contributed by atoms with Gasteiger partial charge in [-0.05, 0) is 31.9 Å². The predicted molar refractivity (Wildman–Crippen MR) is 103 cm³/mol. The maximum Gasteiger partial charge on any atom is 0.261 e. The van der Waals surface area contributed by atoms with E-state index in [1.54, 1.807) is 0 Å². The first-order valence-corrected chi connectivity index (χ1v) is 9.53. The zero-order valence-corrected chi connectivity index (χ0v) is 16.0. The standard InChI is InChI=1S/C18H25Cl2N3O2/c1-2-25-16-14(10-12(19)11-15(16)20)17(24)23-18(21)22-13-8-6-4-3-5-7-9-13/h10-11,13H,2-9H2,1H3,(H3,21,22,23,24). The summed E-state index contributed by atoms with van der Waals surface area (Å²) in [5.74, 6) is -0.0149. The van der Waals surface area contributed by atoms with Crippen molar-refractivity contribution in [2.75, 3.05) is 6.61 Å². The lowest BCUT2D eigenvalue weighted by molar-refractivity contribution is 0.0972. The number of ether oxygens (including phenoxy) is 1. The number of benzene rings is 1. The minimum absolute atomic E-state index is 0.120. The van der Waals surface area contributed by atoms with Crippen molar-refractivity contribution in [3.05, 3.63) is 27.7 Å². The molecule has 0 unspecified atom stereocenters. The van der Waals surface area contributed by atoms with Gasteiger partial charge >= 0.3 is 0 Å². The first-order chi connectivity index (χ1) is 12.0. The topological polar surface area (TPSA) is 76.7 Å². The molecule has 0 bridgehead atoms. The van der Waals surface area contributed by atoms with Gasteiger partial charge in [0, 0.05) is 5.02 Å². The molecule has 7 heteroatoms. The Morgan fingerprint density at radius 2 is 1.88 bits per heavy atom. The van der Waals surface area contributed by atoms with Gasteiger partial charge in [0.2, 0.25) is 0 Å². The van der Waals surface area contributed by atoms with Gasteiger partial charge in [0.25, 0.3) is 5.91 Å². The Balaban J connectivity index is 2.11. The molecule has 1 aromatic rings. The molecule has 138 valence electrons. The van der Waals surface area contributed by atoms with Crippen LogP contribution in [-0.4, -0.2) is 24.5 Å². The number of halogens is 2. The van der Waals surface area contributed by atoms with Crippen LogP contribution in [0.2, 0.25) is 10.0 Å². The molecule has 0 spiro atoms. The lowest BCUT2D eigenvalue weighted by atomic mass is 9.97. The van der Waals surface area contributed by atoms with Crippen molar-refractivity contribution in [2.24, 2.45) is 10.7 Å². The molecule has 1 aliphatic rings. The van der Waals surface area contributed by atoms with Crippen molar-refractivity contribution in [3.8, 4) is 5.75 Å². The maximum absolute atomic E-state index is 12.6. The molecule has 0 aliphatic heterocycles. The molecule has 0 atom stereocenters. The summed E-state index contributed by atoms with van der Waals surface area (Å²) in [5.41, 5.74) is 6.19. The summed E-state index contributed by atoms with van der Waals surface area (Å²) < 4.78 is 5.47. The van der Waals surface area contributed by atoms with Crippen molar-refractivity contribution in [2.45, 2.75) is 57.9 Å². The first-order valence-electron chi connectivity index (χ1n) is 8.77. The summed E-state index contributed by atoms with van der Waals surface area (Å²) in [4.78, 5) is 17.0. The Morgan fingerprint density at radius 3 is 2.52 bits per heavy atom. The van der Waals surface area contributed by atoms with E-state index in [0.29, 0.717) is 17.4 Å². The summed E-state index contributed by atoms with van der Waals surface area (Å²) in [5, 5.41) is 3.27. The van der Waals surface area contributed by atoms with Gasteiger partial charge in [-0.1, -0.05) is 55.3 Å². The molecule has 0 aromatic heterocycles. The predicted octanol–water partition coefficient (Wildman–Crippen LogP) is 4.55. The van der Waals surface area contributed by atoms with Crippen LogP contribution in [0.25, 0.3) is 0 Å². The normalized spacial score (nSPS) is 16.8. The fraction of sp³-hybridized carbons (Fsp3) is 0.556. The van der Waals surface area contributed by atoms with Crippen LogP contribution in [0.4, 0.5) is 0 Å². The lowest BCUT2D eigenvalue weighted by Gasteiger charge is -2.17. The molecular weight excluding hydrogens is 361 g/mol. The van der Waals surface area contributed by atoms with Gasteiger partial charge in [0.15, 0.2) is 11.7 Å². The third kappa shape index (κ3) is 6.08. The van der Waals surface area contributed by atoms with Crippen LogP contribution in [0, 0.1) is 0 Å². The quantitative estimate of drug-likeness (QED) is 0.589. The minimum atomic E-state index is -0.431. The summed E-state index contributed by atoms with van der Waals surface area (Å²) in [6.45, 7) is 2.20. The van der Waals surface area contributed by atoms with E-state index in [1.165, 1.54) is 31.4 Å². The molecule has 0 radical (unpaired) electrons. The van der Waals surface area contributed by atoms with Crippen molar-refractivity contribution < 1.29 is 9.53 Å². The third-order valence-electron chi connectivity index (χ3n) is 4.18. The Labute approximate surface area is 158 Å². The fourth-order valence-electron chi connectivity index (χ4n) is 3.00. The van der Waals surface area contributed by atoms with E-state index in [9.17, 15) is 4.79 Å². The van der Waals surface area contributed by atoms with Crippen LogP contribution >= 0.6 is 23.2 Å². The molecule has 2 rings (SSSR count). The Kier molecular flexibility index (Phi) is 7.85. The lowest BCUT2D eigenvalue weighted by Crippen LogP contribution is -2.38. The summed E-state index contributed by atoms with van der Waals surface area (Å²) in [6.07, 6.45) is 8.06. The molecular formula is C18H25Cl2N3O2. The minimum Gasteiger partial charge on any atom is -0.491 e. The average molecular weight is 386 g/mol. The van der Waals surface area contributed by atoms with E-state index >= 15 is 0 Å². The summed E-state index contributed by atoms with van der Waals surface area (Å²) in [6, 6.07) is 3.21. The van der Waals surface area contributed by atoms with E-state index < -0.39 is 5.91 Å². The highest BCUT2D eigenvalue weighted by atomic mass is 35.5. The van der Waals surface area contributed by atoms with Gasteiger partial charge in [0.05, 0.1) is 23.2 Å². The van der Waals surface area contributed by atoms with Crippen LogP contribution in [0.3, 0.4) is 0 Å². The highest BCUT2D eigenvalue weighted by Gasteiger charge is 2.18. The second-order valence-electron chi connectivity index (χ2n) is 6.16. The average Bonchev–Trinajstić information content (AvgIpc) is 2.52. The second-order valence-corrected chi connectivity index (χ2v) is 7.01. The SMILES string of the molecule is CCOc1c(Cl)cc(Cl)cc1C(=O)NC(N)=NC1CCCCCCC1. The van der Waals surface area contributed by atoms with Gasteiger partial charge in [-0.25, -0.2) is 4.99 Å². The van der Waals surface area contributed by atoms with Gasteiger partial charge in [-0.2, -0.15) is 0 Å². The number of nitrogens with zero attached hydrogens (tertiary/aromatic N) is 1. The van der Waals surface area contributed by atoms with Gasteiger partial charge < -0.3 is 10.5 Å². The molecule has 1 fully saturated rings. The van der Waals surface area contributed by atoms with Crippen LogP contribution in [0.1, 0.15) is 62.2 Å². The van der Waals surface area contributed by atoms with Gasteiger partial charge in [-0.3, -0.25) is 10.1 Å². The summed E-state index contributed by atoms with van der Waals surface area (Å²) >= 11 is 12.1. The van der Waals surface area contributed by atoms with E-state index in [4.69, 9.17) is 33.7 Å². The van der Waals surface area contributed by atoms with Crippen molar-refractivity contribution in [1.82, 2.24) is 5.32 Å². The number of hydrogen-bond acceptors (Lipinski definition) is 3. The van der Waals surface area contributed by atoms with E-state index in [2.05, 4.69) is 10.3 Å². The van der Waals surface area contributed by atoms with E-state index in [-0.39, 0.29) is 22.6 Å². The van der Waals surface area contributed by atoms with Gasteiger partial charge in [-0.15, -0.1) is 0 Å². The number of amides is 1. The van der Waals surface area contributed by atoms with Crippen LogP contribution < -0.4 is 15.8 Å². The van der Waals surface area contributed by atoms with Crippen LogP contribution in [0.5, 0.6) is 5.75 Å². The zero-order chi connectivity index (χ0) is 18.2. The Hall–Kier alpha value is -1.46. The molecule has 1 aliphatic carbocycles. The van der Waals surface area contributed by atoms with Crippen molar-refractivity contribution >= 4 is 35.1 Å². The first kappa shape index (κ1) is 19.9. The molecule has 0 saturated heterocycles. The fourth-order valence-corrected chi connectivity index (χ4v) is 3.54. The number of guanidine groups is 1. The molecule has 1 amide bonds. The number of nitrogens with two attached hydrogens (primary N) is 1. The zero-order valence-electron chi connectivity index (χ0n) is 14.5. The maximum atomic E-state index is 12.6. The second kappa shape index (κ2) is 9.88. The van der Waals surface area contributed by atoms with E-state index in [0.717, 1.165) is 25.7 Å². The molecule has 3 N–H and O–H groups in total. The number of nitrogens with one attached hydrogen (secondary N) is 1. The van der Waals surface area contributed by atoms with Gasteiger partial charge in [0.1, 0.15) is 0 Å². The molecule has 25 heavy (non-hydrogen) atoms. The highest BCUT2D eigenvalue weighted by Crippen LogP contribution is 2.32. The number of carbonyl (C=O) groups is 1. The Morgan fingerprint density at radius 1 is 1.24 bits per heavy atom. The third-order valence-corrected chi connectivity index (χ3v) is 4.68. The summed E-state index contributed by atoms with van der Waals surface area (Å²) in [7, 11) is 0. The number of aliphatic imine (C=N–C) groups is 1. The molecule has 0 heterocycles. The molecule has 1 saturated carbocycles. The van der Waals surface area contributed by atoms with Crippen molar-refractivity contribution in [1.29, 1.82) is 0 Å². The molecule has 1 aromatic carbocycles. The molecule has 5 nitrogen and oxygen atoms in total. The number of rotatable bonds is 4. The monoisotopic (exact) mass is 385 g/mol. The number of carbonyl (C=O) groups excluding carboxylic acids is 1. The largest absolute Gasteiger partial charge is 0.491 e. The van der Waals surface area contributed by atoms with Crippen molar-refractivity contribution in [3.63, 3.8) is 0 Å². The van der Waals surface area contributed by atoms with Crippen LogP contribution in [-0.2, 0) is 0 Å². The smallest absolute Gasteiger partial charge is 0.261 e. The Bertz CT molecular complexity index is 627. The number of hydrogen-bond donors (Lipinski definition) is 2. The van der Waals surface area contributed by atoms with Crippen LogP contribution in [0.15, 0.2) is 17.1 Å². The van der Waals surface area contributed by atoms with E-state index in [1.807, 2.05) is 6.92 Å².